The molecule has 0 unspecified atom stereocenters. The average Bonchev–Trinajstić information content (AvgIpc) is 3.04. The van der Waals surface area contributed by atoms with E-state index in [1.807, 2.05) is 91.9 Å². The van der Waals surface area contributed by atoms with Crippen molar-refractivity contribution in [2.75, 3.05) is 4.90 Å². The van der Waals surface area contributed by atoms with Crippen molar-refractivity contribution >= 4 is 28.7 Å². The molecule has 0 aromatic heterocycles. The summed E-state index contributed by atoms with van der Waals surface area (Å²) in [6.07, 6.45) is 0.455. The van der Waals surface area contributed by atoms with E-state index in [2.05, 4.69) is 0 Å². The van der Waals surface area contributed by atoms with Gasteiger partial charge in [-0.25, -0.2) is 0 Å². The zero-order valence-corrected chi connectivity index (χ0v) is 19.2. The van der Waals surface area contributed by atoms with E-state index in [4.69, 9.17) is 4.99 Å². The Labute approximate surface area is 203 Å². The van der Waals surface area contributed by atoms with Crippen LogP contribution in [0.4, 0.5) is 17.1 Å². The zero-order valence-electron chi connectivity index (χ0n) is 19.2. The van der Waals surface area contributed by atoms with Gasteiger partial charge in [-0.3, -0.25) is 24.8 Å². The second-order valence-corrected chi connectivity index (χ2v) is 8.68. The Morgan fingerprint density at radius 1 is 0.886 bits per heavy atom. The molecule has 0 fully saturated rings. The van der Waals surface area contributed by atoms with Crippen LogP contribution in [0.1, 0.15) is 34.8 Å². The first-order chi connectivity index (χ1) is 17.0. The minimum absolute atomic E-state index is 0.124. The van der Waals surface area contributed by atoms with Gasteiger partial charge in [-0.15, -0.1) is 0 Å². The first kappa shape index (κ1) is 22.2. The summed E-state index contributed by atoms with van der Waals surface area (Å²) >= 11 is 0. The highest BCUT2D eigenvalue weighted by Gasteiger charge is 2.42. The van der Waals surface area contributed by atoms with Gasteiger partial charge in [0.15, 0.2) is 0 Å². The molecule has 172 valence electrons. The molecule has 0 saturated carbocycles. The molecule has 1 atom stereocenters. The van der Waals surface area contributed by atoms with E-state index >= 15 is 0 Å². The molecule has 1 heterocycles. The maximum absolute atomic E-state index is 14.2. The van der Waals surface area contributed by atoms with Crippen molar-refractivity contribution in [2.24, 2.45) is 4.99 Å². The number of amides is 1. The molecule has 6 nitrogen and oxygen atoms in total. The third kappa shape index (κ3) is 4.10. The van der Waals surface area contributed by atoms with E-state index in [1.165, 1.54) is 12.1 Å². The van der Waals surface area contributed by atoms with Crippen LogP contribution in [0, 0.1) is 10.1 Å². The van der Waals surface area contributed by atoms with Crippen molar-refractivity contribution in [1.29, 1.82) is 0 Å². The van der Waals surface area contributed by atoms with Crippen molar-refractivity contribution in [3.05, 3.63) is 136 Å². The Balaban J connectivity index is 1.74. The molecule has 6 heteroatoms. The van der Waals surface area contributed by atoms with Gasteiger partial charge in [0, 0.05) is 24.1 Å². The van der Waals surface area contributed by atoms with Crippen LogP contribution in [0.15, 0.2) is 114 Å². The summed E-state index contributed by atoms with van der Waals surface area (Å²) in [6, 6.07) is 33.2. The molecule has 0 spiro atoms. The molecular formula is C29H23N3O3. The van der Waals surface area contributed by atoms with E-state index in [1.54, 1.807) is 17.0 Å². The van der Waals surface area contributed by atoms with Crippen LogP contribution in [0.5, 0.6) is 0 Å². The highest BCUT2D eigenvalue weighted by atomic mass is 16.6. The first-order valence-corrected chi connectivity index (χ1v) is 11.3. The Morgan fingerprint density at radius 3 is 2.26 bits per heavy atom. The number of hydrogen-bond acceptors (Lipinski definition) is 4. The van der Waals surface area contributed by atoms with E-state index in [0.29, 0.717) is 17.8 Å². The number of hydrogen-bond donors (Lipinski definition) is 0. The van der Waals surface area contributed by atoms with Crippen LogP contribution >= 0.6 is 0 Å². The molecule has 0 radical (unpaired) electrons. The number of fused-ring (bicyclic) bond motifs is 1. The monoisotopic (exact) mass is 461 g/mol. The lowest BCUT2D eigenvalue weighted by Crippen LogP contribution is -2.48. The predicted octanol–water partition coefficient (Wildman–Crippen LogP) is 6.68. The third-order valence-corrected chi connectivity index (χ3v) is 6.39. The summed E-state index contributed by atoms with van der Waals surface area (Å²) in [4.78, 5) is 31.9. The van der Waals surface area contributed by atoms with Crippen LogP contribution in [0.2, 0.25) is 0 Å². The number of rotatable bonds is 4. The molecule has 4 aromatic carbocycles. The van der Waals surface area contributed by atoms with Crippen LogP contribution < -0.4 is 4.90 Å². The Morgan fingerprint density at radius 2 is 1.54 bits per heavy atom. The molecule has 1 aliphatic heterocycles. The molecule has 1 aliphatic rings. The fraction of sp³-hybridized carbons (Fsp3) is 0.103. The number of benzene rings is 4. The summed E-state index contributed by atoms with van der Waals surface area (Å²) in [7, 11) is 0. The fourth-order valence-electron chi connectivity index (χ4n) is 4.64. The number of anilines is 1. The molecule has 1 amide bonds. The first-order valence-electron chi connectivity index (χ1n) is 11.3. The van der Waals surface area contributed by atoms with E-state index in [-0.39, 0.29) is 17.2 Å². The molecule has 0 bridgehead atoms. The molecule has 35 heavy (non-hydrogen) atoms. The van der Waals surface area contributed by atoms with Gasteiger partial charge in [-0.05, 0) is 36.2 Å². The summed E-state index contributed by atoms with van der Waals surface area (Å²) in [5.74, 6) is -0.322. The van der Waals surface area contributed by atoms with Gasteiger partial charge in [0.2, 0.25) is 0 Å². The number of para-hydroxylation sites is 2. The standard InChI is InChI=1S/C29H23N3O3/c1-29(23-14-6-3-7-15-23)20-26(21-11-4-2-5-12-21)30-25-17-8-9-18-27(25)31(29)28(33)22-13-10-16-24(19-22)32(34)35/h2-19H,20H2,1H3/t29-/m0/s1. The van der Waals surface area contributed by atoms with Gasteiger partial charge in [0.05, 0.1) is 27.5 Å². The van der Waals surface area contributed by atoms with Crippen molar-refractivity contribution in [2.45, 2.75) is 18.9 Å². The van der Waals surface area contributed by atoms with Crippen molar-refractivity contribution in [1.82, 2.24) is 0 Å². The van der Waals surface area contributed by atoms with E-state index in [0.717, 1.165) is 16.8 Å². The minimum atomic E-state index is -0.815. The number of carbonyl (C=O) groups excluding carboxylic acids is 1. The van der Waals surface area contributed by atoms with Crippen molar-refractivity contribution < 1.29 is 9.72 Å². The summed E-state index contributed by atoms with van der Waals surface area (Å²) in [5.41, 5.74) is 3.42. The average molecular weight is 462 g/mol. The molecule has 0 saturated heterocycles. The van der Waals surface area contributed by atoms with Gasteiger partial charge >= 0.3 is 0 Å². The molecule has 0 aliphatic carbocycles. The normalized spacial score (nSPS) is 17.2. The fourth-order valence-corrected chi connectivity index (χ4v) is 4.64. The number of non-ortho nitro benzene ring substituents is 1. The summed E-state index contributed by atoms with van der Waals surface area (Å²) in [6.45, 7) is 2.03. The maximum atomic E-state index is 14.2. The Kier molecular flexibility index (Phi) is 5.71. The second kappa shape index (κ2) is 8.99. The highest BCUT2D eigenvalue weighted by molar-refractivity contribution is 6.12. The van der Waals surface area contributed by atoms with E-state index in [9.17, 15) is 14.9 Å². The van der Waals surface area contributed by atoms with Crippen molar-refractivity contribution in [3.63, 3.8) is 0 Å². The predicted molar refractivity (Wildman–Crippen MR) is 137 cm³/mol. The largest absolute Gasteiger partial charge is 0.296 e. The molecule has 0 N–H and O–H groups in total. The third-order valence-electron chi connectivity index (χ3n) is 6.39. The summed E-state index contributed by atoms with van der Waals surface area (Å²) < 4.78 is 0. The van der Waals surface area contributed by atoms with Crippen LogP contribution in [-0.2, 0) is 5.54 Å². The van der Waals surface area contributed by atoms with Crippen LogP contribution in [0.3, 0.4) is 0 Å². The van der Waals surface area contributed by atoms with Crippen LogP contribution in [-0.4, -0.2) is 16.5 Å². The molecule has 4 aromatic rings. The van der Waals surface area contributed by atoms with E-state index < -0.39 is 10.5 Å². The lowest BCUT2D eigenvalue weighted by Gasteiger charge is -2.41. The summed E-state index contributed by atoms with van der Waals surface area (Å²) in [5, 5.41) is 11.4. The van der Waals surface area contributed by atoms with Gasteiger partial charge in [0.1, 0.15) is 0 Å². The SMILES string of the molecule is C[C@@]1(c2ccccc2)CC(c2ccccc2)=Nc2ccccc2N1C(=O)c1cccc([N+](=O)[O-])c1. The van der Waals surface area contributed by atoms with Crippen molar-refractivity contribution in [3.8, 4) is 0 Å². The second-order valence-electron chi connectivity index (χ2n) is 8.68. The number of nitro groups is 1. The minimum Gasteiger partial charge on any atom is -0.296 e. The smallest absolute Gasteiger partial charge is 0.270 e. The molecular weight excluding hydrogens is 438 g/mol. The Hall–Kier alpha value is -4.58. The lowest BCUT2D eigenvalue weighted by atomic mass is 9.82. The molecule has 5 rings (SSSR count). The zero-order chi connectivity index (χ0) is 24.4. The highest BCUT2D eigenvalue weighted by Crippen LogP contribution is 2.45. The van der Waals surface area contributed by atoms with Gasteiger partial charge in [-0.1, -0.05) is 78.9 Å². The maximum Gasteiger partial charge on any atom is 0.270 e. The van der Waals surface area contributed by atoms with Gasteiger partial charge in [-0.2, -0.15) is 0 Å². The number of carbonyl (C=O) groups is 1. The van der Waals surface area contributed by atoms with Crippen LogP contribution in [0.25, 0.3) is 0 Å². The number of aliphatic imine (C=N–C) groups is 1. The quantitative estimate of drug-likeness (QED) is 0.251. The van der Waals surface area contributed by atoms with Gasteiger partial charge in [0.25, 0.3) is 11.6 Å². The number of nitrogens with zero attached hydrogens (tertiary/aromatic N) is 3. The van der Waals surface area contributed by atoms with Gasteiger partial charge < -0.3 is 0 Å². The lowest BCUT2D eigenvalue weighted by molar-refractivity contribution is -0.384. The topological polar surface area (TPSA) is 75.8 Å². The number of nitro benzene ring substituents is 1. The Bertz CT molecular complexity index is 1430.